The van der Waals surface area contributed by atoms with E-state index in [1.54, 1.807) is 24.3 Å². The third-order valence-electron chi connectivity index (χ3n) is 2.69. The van der Waals surface area contributed by atoms with Gasteiger partial charge in [-0.05, 0) is 24.3 Å². The summed E-state index contributed by atoms with van der Waals surface area (Å²) in [7, 11) is 0. The van der Waals surface area contributed by atoms with Gasteiger partial charge in [-0.25, -0.2) is 0 Å². The van der Waals surface area contributed by atoms with Crippen molar-refractivity contribution in [1.82, 2.24) is 4.90 Å². The quantitative estimate of drug-likeness (QED) is 0.784. The summed E-state index contributed by atoms with van der Waals surface area (Å²) in [6.45, 7) is 1.87. The molecule has 0 saturated carbocycles. The molecule has 1 aliphatic heterocycles. The molecule has 0 aromatic heterocycles. The van der Waals surface area contributed by atoms with Gasteiger partial charge in [0.25, 0.3) is 5.91 Å². The molecule has 0 bridgehead atoms. The van der Waals surface area contributed by atoms with Crippen molar-refractivity contribution in [3.05, 3.63) is 34.9 Å². The molecular formula is C12H13BrClNO2. The summed E-state index contributed by atoms with van der Waals surface area (Å²) in [5, 5.41) is 1.39. The number of morpholine rings is 1. The molecule has 1 aliphatic rings. The van der Waals surface area contributed by atoms with Gasteiger partial charge in [0.05, 0.1) is 12.7 Å². The first-order valence-corrected chi connectivity index (χ1v) is 6.93. The van der Waals surface area contributed by atoms with Crippen LogP contribution in [0.4, 0.5) is 0 Å². The maximum absolute atomic E-state index is 12.2. The largest absolute Gasteiger partial charge is 0.374 e. The number of carbonyl (C=O) groups is 1. The van der Waals surface area contributed by atoms with Crippen LogP contribution in [0.15, 0.2) is 24.3 Å². The second-order valence-corrected chi connectivity index (χ2v) is 4.99. The first-order chi connectivity index (χ1) is 8.20. The first-order valence-electron chi connectivity index (χ1n) is 5.43. The summed E-state index contributed by atoms with van der Waals surface area (Å²) in [5.74, 6) is 0.0379. The summed E-state index contributed by atoms with van der Waals surface area (Å²) in [6.07, 6.45) is 0.0833. The predicted molar refractivity (Wildman–Crippen MR) is 70.9 cm³/mol. The van der Waals surface area contributed by atoms with Crippen molar-refractivity contribution in [2.45, 2.75) is 6.10 Å². The highest BCUT2D eigenvalue weighted by Gasteiger charge is 2.24. The summed E-state index contributed by atoms with van der Waals surface area (Å²) in [6, 6.07) is 6.97. The molecule has 0 radical (unpaired) electrons. The standard InChI is InChI=1S/C12H13BrClNO2/c13-7-11-8-15(5-6-17-11)12(16)9-1-3-10(14)4-2-9/h1-4,11H,5-8H2. The van der Waals surface area contributed by atoms with Gasteiger partial charge < -0.3 is 9.64 Å². The molecule has 1 fully saturated rings. The number of hydrogen-bond donors (Lipinski definition) is 0. The Hall–Kier alpha value is -0.580. The Morgan fingerprint density at radius 2 is 2.18 bits per heavy atom. The topological polar surface area (TPSA) is 29.5 Å². The van der Waals surface area contributed by atoms with Crippen LogP contribution in [0.1, 0.15) is 10.4 Å². The van der Waals surface area contributed by atoms with Gasteiger partial charge in [-0.15, -0.1) is 0 Å². The third kappa shape index (κ3) is 3.21. The minimum atomic E-state index is 0.0379. The van der Waals surface area contributed by atoms with Gasteiger partial charge in [-0.3, -0.25) is 4.79 Å². The van der Waals surface area contributed by atoms with Crippen LogP contribution in [0.5, 0.6) is 0 Å². The molecule has 0 aliphatic carbocycles. The van der Waals surface area contributed by atoms with Crippen LogP contribution in [-0.2, 0) is 4.74 Å². The van der Waals surface area contributed by atoms with E-state index in [-0.39, 0.29) is 12.0 Å². The average Bonchev–Trinajstić information content (AvgIpc) is 2.39. The van der Waals surface area contributed by atoms with Crippen molar-refractivity contribution in [2.75, 3.05) is 25.0 Å². The molecule has 1 aromatic rings. The monoisotopic (exact) mass is 317 g/mol. The highest BCUT2D eigenvalue weighted by atomic mass is 79.9. The number of carbonyl (C=O) groups excluding carboxylic acids is 1. The molecule has 1 unspecified atom stereocenters. The summed E-state index contributed by atoms with van der Waals surface area (Å²) >= 11 is 9.17. The SMILES string of the molecule is O=C(c1ccc(Cl)cc1)N1CCOC(CBr)C1. The van der Waals surface area contributed by atoms with Crippen LogP contribution in [0.3, 0.4) is 0 Å². The van der Waals surface area contributed by atoms with Gasteiger partial charge >= 0.3 is 0 Å². The van der Waals surface area contributed by atoms with E-state index >= 15 is 0 Å². The van der Waals surface area contributed by atoms with E-state index in [2.05, 4.69) is 15.9 Å². The second-order valence-electron chi connectivity index (χ2n) is 3.91. The number of nitrogens with zero attached hydrogens (tertiary/aromatic N) is 1. The Bertz CT molecular complexity index is 396. The summed E-state index contributed by atoms with van der Waals surface area (Å²) in [4.78, 5) is 14.0. The minimum Gasteiger partial charge on any atom is -0.374 e. The smallest absolute Gasteiger partial charge is 0.254 e. The lowest BCUT2D eigenvalue weighted by molar-refractivity contribution is -0.00964. The molecule has 1 amide bonds. The van der Waals surface area contributed by atoms with E-state index in [0.717, 1.165) is 5.33 Å². The number of rotatable bonds is 2. The molecule has 0 spiro atoms. The highest BCUT2D eigenvalue weighted by Crippen LogP contribution is 2.14. The zero-order valence-electron chi connectivity index (χ0n) is 9.23. The summed E-state index contributed by atoms with van der Waals surface area (Å²) in [5.41, 5.74) is 0.671. The van der Waals surface area contributed by atoms with Gasteiger partial charge in [-0.2, -0.15) is 0 Å². The van der Waals surface area contributed by atoms with Crippen molar-refractivity contribution in [3.8, 4) is 0 Å². The van der Waals surface area contributed by atoms with E-state index in [0.29, 0.717) is 30.3 Å². The van der Waals surface area contributed by atoms with Crippen LogP contribution in [0.2, 0.25) is 5.02 Å². The van der Waals surface area contributed by atoms with Crippen LogP contribution in [-0.4, -0.2) is 41.9 Å². The van der Waals surface area contributed by atoms with Crippen LogP contribution >= 0.6 is 27.5 Å². The fourth-order valence-corrected chi connectivity index (χ4v) is 2.29. The molecule has 1 aromatic carbocycles. The maximum atomic E-state index is 12.2. The molecule has 92 valence electrons. The number of halogens is 2. The Labute approximate surface area is 114 Å². The number of hydrogen-bond acceptors (Lipinski definition) is 2. The molecule has 1 heterocycles. The highest BCUT2D eigenvalue weighted by molar-refractivity contribution is 9.09. The lowest BCUT2D eigenvalue weighted by atomic mass is 10.2. The van der Waals surface area contributed by atoms with E-state index < -0.39 is 0 Å². The molecule has 2 rings (SSSR count). The van der Waals surface area contributed by atoms with Gasteiger partial charge in [0.15, 0.2) is 0 Å². The Morgan fingerprint density at radius 3 is 2.82 bits per heavy atom. The van der Waals surface area contributed by atoms with Crippen molar-refractivity contribution < 1.29 is 9.53 Å². The number of alkyl halides is 1. The average molecular weight is 319 g/mol. The van der Waals surface area contributed by atoms with Crippen molar-refractivity contribution in [3.63, 3.8) is 0 Å². The van der Waals surface area contributed by atoms with Crippen molar-refractivity contribution >= 4 is 33.4 Å². The summed E-state index contributed by atoms with van der Waals surface area (Å²) < 4.78 is 5.50. The van der Waals surface area contributed by atoms with E-state index in [4.69, 9.17) is 16.3 Å². The zero-order chi connectivity index (χ0) is 12.3. The van der Waals surface area contributed by atoms with E-state index in [1.165, 1.54) is 0 Å². The maximum Gasteiger partial charge on any atom is 0.254 e. The lowest BCUT2D eigenvalue weighted by Crippen LogP contribution is -2.46. The first kappa shape index (κ1) is 12.9. The van der Waals surface area contributed by atoms with Crippen LogP contribution in [0, 0.1) is 0 Å². The van der Waals surface area contributed by atoms with Gasteiger partial charge in [0.1, 0.15) is 0 Å². The normalized spacial score (nSPS) is 20.4. The molecule has 3 nitrogen and oxygen atoms in total. The molecule has 17 heavy (non-hydrogen) atoms. The van der Waals surface area contributed by atoms with E-state index in [1.807, 2.05) is 4.90 Å². The molecule has 1 atom stereocenters. The van der Waals surface area contributed by atoms with Crippen molar-refractivity contribution in [2.24, 2.45) is 0 Å². The van der Waals surface area contributed by atoms with Crippen LogP contribution < -0.4 is 0 Å². The fourth-order valence-electron chi connectivity index (χ4n) is 1.77. The number of amides is 1. The Balaban J connectivity index is 2.06. The van der Waals surface area contributed by atoms with Gasteiger partial charge in [0.2, 0.25) is 0 Å². The Kier molecular flexibility index (Phi) is 4.42. The number of benzene rings is 1. The number of ether oxygens (including phenoxy) is 1. The zero-order valence-corrected chi connectivity index (χ0v) is 11.6. The minimum absolute atomic E-state index is 0.0379. The van der Waals surface area contributed by atoms with Gasteiger partial charge in [0, 0.05) is 29.0 Å². The van der Waals surface area contributed by atoms with Crippen LogP contribution in [0.25, 0.3) is 0 Å². The van der Waals surface area contributed by atoms with Crippen molar-refractivity contribution in [1.29, 1.82) is 0 Å². The Morgan fingerprint density at radius 1 is 1.47 bits per heavy atom. The molecule has 5 heteroatoms. The van der Waals surface area contributed by atoms with E-state index in [9.17, 15) is 4.79 Å². The van der Waals surface area contributed by atoms with Gasteiger partial charge in [-0.1, -0.05) is 27.5 Å². The predicted octanol–water partition coefficient (Wildman–Crippen LogP) is 2.58. The lowest BCUT2D eigenvalue weighted by Gasteiger charge is -2.32. The third-order valence-corrected chi connectivity index (χ3v) is 3.66. The molecule has 0 N–H and O–H groups in total. The fraction of sp³-hybridized carbons (Fsp3) is 0.417. The molecular weight excluding hydrogens is 305 g/mol. The molecule has 1 saturated heterocycles. The second kappa shape index (κ2) is 5.85.